The van der Waals surface area contributed by atoms with Gasteiger partial charge in [-0.05, 0) is 62.7 Å². The van der Waals surface area contributed by atoms with E-state index in [9.17, 15) is 14.4 Å². The summed E-state index contributed by atoms with van der Waals surface area (Å²) in [5.74, 6) is 0.894. The summed E-state index contributed by atoms with van der Waals surface area (Å²) in [6.07, 6.45) is 7.65. The van der Waals surface area contributed by atoms with Crippen molar-refractivity contribution in [3.63, 3.8) is 0 Å². The van der Waals surface area contributed by atoms with Crippen molar-refractivity contribution in [1.29, 1.82) is 0 Å². The van der Waals surface area contributed by atoms with E-state index in [-0.39, 0.29) is 30.4 Å². The van der Waals surface area contributed by atoms with Gasteiger partial charge in [-0.1, -0.05) is 6.92 Å². The van der Waals surface area contributed by atoms with Crippen LogP contribution in [0.4, 0.5) is 4.79 Å². The van der Waals surface area contributed by atoms with E-state index in [1.807, 2.05) is 0 Å². The summed E-state index contributed by atoms with van der Waals surface area (Å²) in [4.78, 5) is 34.9. The van der Waals surface area contributed by atoms with Gasteiger partial charge in [0.05, 0.1) is 0 Å². The van der Waals surface area contributed by atoms with Gasteiger partial charge in [-0.2, -0.15) is 0 Å². The van der Waals surface area contributed by atoms with Crippen LogP contribution < -0.4 is 16.0 Å². The average molecular weight is 351 g/mol. The van der Waals surface area contributed by atoms with Crippen LogP contribution in [0.2, 0.25) is 0 Å². The standard InChI is InChI=1S/C18H29N3O4/c1-2-14(16(23)24)20-15(22)3-4-19-17(25)21-18-8-11-5-12(9-18)7-13(6-11)10-18/h11-14H,2-10H2,1H3,(H,20,22)(H,23,24)(H2,19,21,25). The van der Waals surface area contributed by atoms with E-state index in [1.54, 1.807) is 6.92 Å². The predicted molar refractivity (Wildman–Crippen MR) is 91.9 cm³/mol. The second-order valence-corrected chi connectivity index (χ2v) is 8.20. The zero-order valence-electron chi connectivity index (χ0n) is 14.8. The summed E-state index contributed by atoms with van der Waals surface area (Å²) >= 11 is 0. The van der Waals surface area contributed by atoms with Crippen molar-refractivity contribution in [2.45, 2.75) is 69.9 Å². The van der Waals surface area contributed by atoms with Gasteiger partial charge in [0.1, 0.15) is 6.04 Å². The number of carboxylic acids is 1. The molecular weight excluding hydrogens is 322 g/mol. The van der Waals surface area contributed by atoms with E-state index in [1.165, 1.54) is 19.3 Å². The molecule has 0 aromatic heterocycles. The highest BCUT2D eigenvalue weighted by Crippen LogP contribution is 2.55. The van der Waals surface area contributed by atoms with Crippen LogP contribution in [0.1, 0.15) is 58.3 Å². The zero-order valence-corrected chi connectivity index (χ0v) is 14.8. The normalized spacial score (nSPS) is 33.6. The molecule has 25 heavy (non-hydrogen) atoms. The third-order valence-corrected chi connectivity index (χ3v) is 6.10. The maximum absolute atomic E-state index is 12.2. The molecule has 0 saturated heterocycles. The lowest BCUT2D eigenvalue weighted by molar-refractivity contribution is -0.141. The van der Waals surface area contributed by atoms with Crippen molar-refractivity contribution >= 4 is 17.9 Å². The minimum Gasteiger partial charge on any atom is -0.480 e. The van der Waals surface area contributed by atoms with Crippen LogP contribution in [-0.4, -0.2) is 41.1 Å². The lowest BCUT2D eigenvalue weighted by Gasteiger charge is -2.56. The Bertz CT molecular complexity index is 513. The molecule has 0 aromatic rings. The van der Waals surface area contributed by atoms with E-state index in [4.69, 9.17) is 5.11 Å². The van der Waals surface area contributed by atoms with Gasteiger partial charge in [-0.3, -0.25) is 4.79 Å². The topological polar surface area (TPSA) is 108 Å². The molecule has 4 aliphatic carbocycles. The molecule has 7 heteroatoms. The number of hydrogen-bond donors (Lipinski definition) is 4. The number of amides is 3. The number of rotatable bonds is 7. The molecule has 4 rings (SSSR count). The third-order valence-electron chi connectivity index (χ3n) is 6.10. The van der Waals surface area contributed by atoms with Gasteiger partial charge >= 0.3 is 12.0 Å². The maximum Gasteiger partial charge on any atom is 0.326 e. The Morgan fingerprint density at radius 3 is 2.12 bits per heavy atom. The molecule has 7 nitrogen and oxygen atoms in total. The van der Waals surface area contributed by atoms with Gasteiger partial charge in [-0.25, -0.2) is 9.59 Å². The number of urea groups is 1. The highest BCUT2D eigenvalue weighted by atomic mass is 16.4. The molecule has 4 aliphatic rings. The maximum atomic E-state index is 12.2. The first-order chi connectivity index (χ1) is 11.9. The minimum absolute atomic E-state index is 0.0439. The fourth-order valence-corrected chi connectivity index (χ4v) is 5.44. The molecule has 0 heterocycles. The summed E-state index contributed by atoms with van der Waals surface area (Å²) in [7, 11) is 0. The molecule has 4 bridgehead atoms. The second kappa shape index (κ2) is 7.22. The Hall–Kier alpha value is -1.79. The largest absolute Gasteiger partial charge is 0.480 e. The van der Waals surface area contributed by atoms with Crippen molar-refractivity contribution < 1.29 is 19.5 Å². The minimum atomic E-state index is -1.04. The lowest BCUT2D eigenvalue weighted by atomic mass is 9.53. The average Bonchev–Trinajstić information content (AvgIpc) is 2.50. The molecule has 4 N–H and O–H groups in total. The molecule has 1 unspecified atom stereocenters. The zero-order chi connectivity index (χ0) is 18.0. The Labute approximate surface area is 148 Å². The molecule has 1 atom stereocenters. The van der Waals surface area contributed by atoms with Gasteiger partial charge in [0.2, 0.25) is 5.91 Å². The van der Waals surface area contributed by atoms with Crippen molar-refractivity contribution in [3.8, 4) is 0 Å². The predicted octanol–water partition coefficient (Wildman–Crippen LogP) is 1.62. The molecule has 0 aromatic carbocycles. The molecule has 0 radical (unpaired) electrons. The third kappa shape index (κ3) is 4.25. The summed E-state index contributed by atoms with van der Waals surface area (Å²) in [6, 6.07) is -1.08. The molecular formula is C18H29N3O4. The van der Waals surface area contributed by atoms with Crippen molar-refractivity contribution in [3.05, 3.63) is 0 Å². The summed E-state index contributed by atoms with van der Waals surface area (Å²) in [6.45, 7) is 1.91. The van der Waals surface area contributed by atoms with Crippen LogP contribution in [0.3, 0.4) is 0 Å². The van der Waals surface area contributed by atoms with E-state index in [0.29, 0.717) is 6.42 Å². The van der Waals surface area contributed by atoms with Crippen LogP contribution in [0, 0.1) is 17.8 Å². The smallest absolute Gasteiger partial charge is 0.326 e. The molecule has 4 fully saturated rings. The van der Waals surface area contributed by atoms with Crippen LogP contribution in [0.15, 0.2) is 0 Å². The molecule has 4 saturated carbocycles. The number of carbonyl (C=O) groups is 3. The monoisotopic (exact) mass is 351 g/mol. The van der Waals surface area contributed by atoms with E-state index in [0.717, 1.165) is 37.0 Å². The van der Waals surface area contributed by atoms with Crippen LogP contribution in [0.5, 0.6) is 0 Å². The Kier molecular flexibility index (Phi) is 5.20. The highest BCUT2D eigenvalue weighted by Gasteiger charge is 2.51. The Balaban J connectivity index is 1.40. The Morgan fingerprint density at radius 1 is 1.08 bits per heavy atom. The Morgan fingerprint density at radius 2 is 1.64 bits per heavy atom. The first-order valence-electron chi connectivity index (χ1n) is 9.47. The van der Waals surface area contributed by atoms with Crippen molar-refractivity contribution in [2.75, 3.05) is 6.54 Å². The molecule has 0 spiro atoms. The number of carbonyl (C=O) groups excluding carboxylic acids is 2. The summed E-state index contributed by atoms with van der Waals surface area (Å²) in [5, 5.41) is 17.3. The first kappa shape index (κ1) is 18.0. The quantitative estimate of drug-likeness (QED) is 0.559. The van der Waals surface area contributed by atoms with Gasteiger partial charge in [0.25, 0.3) is 0 Å². The summed E-state index contributed by atoms with van der Waals surface area (Å²) in [5.41, 5.74) is -0.0439. The van der Waals surface area contributed by atoms with Crippen LogP contribution >= 0.6 is 0 Å². The van der Waals surface area contributed by atoms with Gasteiger partial charge in [0, 0.05) is 18.5 Å². The van der Waals surface area contributed by atoms with Crippen LogP contribution in [0.25, 0.3) is 0 Å². The van der Waals surface area contributed by atoms with E-state index < -0.39 is 12.0 Å². The number of hydrogen-bond acceptors (Lipinski definition) is 3. The van der Waals surface area contributed by atoms with Gasteiger partial charge < -0.3 is 21.1 Å². The van der Waals surface area contributed by atoms with Crippen LogP contribution in [-0.2, 0) is 9.59 Å². The SMILES string of the molecule is CCC(NC(=O)CCNC(=O)NC12CC3CC(CC(C3)C1)C2)C(=O)O. The van der Waals surface area contributed by atoms with Gasteiger partial charge in [0.15, 0.2) is 0 Å². The second-order valence-electron chi connectivity index (χ2n) is 8.20. The fourth-order valence-electron chi connectivity index (χ4n) is 5.44. The van der Waals surface area contributed by atoms with Crippen molar-refractivity contribution in [1.82, 2.24) is 16.0 Å². The number of carboxylic acid groups (broad SMARTS) is 1. The van der Waals surface area contributed by atoms with E-state index >= 15 is 0 Å². The lowest BCUT2D eigenvalue weighted by Crippen LogP contribution is -2.61. The number of nitrogens with one attached hydrogen (secondary N) is 3. The molecule has 3 amide bonds. The summed E-state index contributed by atoms with van der Waals surface area (Å²) < 4.78 is 0. The fraction of sp³-hybridized carbons (Fsp3) is 0.833. The molecule has 140 valence electrons. The number of aliphatic carboxylic acids is 1. The van der Waals surface area contributed by atoms with E-state index in [2.05, 4.69) is 16.0 Å². The van der Waals surface area contributed by atoms with Crippen molar-refractivity contribution in [2.24, 2.45) is 17.8 Å². The first-order valence-corrected chi connectivity index (χ1v) is 9.47. The molecule has 0 aliphatic heterocycles. The highest BCUT2D eigenvalue weighted by molar-refractivity contribution is 5.84. The van der Waals surface area contributed by atoms with Gasteiger partial charge in [-0.15, -0.1) is 0 Å².